The van der Waals surface area contributed by atoms with Gasteiger partial charge in [0, 0.05) is 43.2 Å². The summed E-state index contributed by atoms with van der Waals surface area (Å²) < 4.78 is 0. The minimum Gasteiger partial charge on any atom is -0.324 e. The van der Waals surface area contributed by atoms with Crippen molar-refractivity contribution in [1.82, 2.24) is 25.1 Å². The molecule has 0 aliphatic carbocycles. The molecule has 1 aliphatic heterocycles. The topological polar surface area (TPSA) is 86.8 Å². The zero-order valence-electron chi connectivity index (χ0n) is 14.3. The van der Waals surface area contributed by atoms with E-state index < -0.39 is 0 Å². The summed E-state index contributed by atoms with van der Waals surface area (Å²) in [4.78, 5) is 22.9. The molecule has 1 aliphatic rings. The standard InChI is InChI=1S/C19H20N6O/c26-19(21-16-6-2-1-3-7-16)25-10-8-14(13-25)11-17-22-18(24-23-17)15-5-4-9-20-12-15/h1-7,9,12,14H,8,10-11,13H2,(H,21,26)(H,22,23,24)/t14-/m1/s1. The zero-order valence-corrected chi connectivity index (χ0v) is 14.3. The summed E-state index contributed by atoms with van der Waals surface area (Å²) in [5.41, 5.74) is 1.71. The molecule has 2 N–H and O–H groups in total. The molecule has 0 unspecified atom stereocenters. The Hall–Kier alpha value is -3.22. The number of hydrogen-bond acceptors (Lipinski definition) is 4. The molecular formula is C19H20N6O. The minimum absolute atomic E-state index is 0.0488. The first kappa shape index (κ1) is 16.3. The molecule has 2 aromatic heterocycles. The number of nitrogens with zero attached hydrogens (tertiary/aromatic N) is 4. The lowest BCUT2D eigenvalue weighted by atomic mass is 10.1. The van der Waals surface area contributed by atoms with Crippen molar-refractivity contribution in [2.45, 2.75) is 12.8 Å². The molecule has 7 nitrogen and oxygen atoms in total. The van der Waals surface area contributed by atoms with Crippen molar-refractivity contribution < 1.29 is 4.79 Å². The van der Waals surface area contributed by atoms with Gasteiger partial charge < -0.3 is 10.2 Å². The van der Waals surface area contributed by atoms with E-state index in [1.165, 1.54) is 0 Å². The Labute approximate surface area is 151 Å². The largest absolute Gasteiger partial charge is 0.324 e. The number of nitrogens with one attached hydrogen (secondary N) is 2. The first-order chi connectivity index (χ1) is 12.8. The van der Waals surface area contributed by atoms with Gasteiger partial charge >= 0.3 is 6.03 Å². The maximum Gasteiger partial charge on any atom is 0.321 e. The van der Waals surface area contributed by atoms with Crippen LogP contribution < -0.4 is 5.32 Å². The van der Waals surface area contributed by atoms with Gasteiger partial charge in [-0.25, -0.2) is 9.78 Å². The van der Waals surface area contributed by atoms with Crippen molar-refractivity contribution in [1.29, 1.82) is 0 Å². The first-order valence-corrected chi connectivity index (χ1v) is 8.70. The molecule has 0 spiro atoms. The number of hydrogen-bond donors (Lipinski definition) is 2. The fraction of sp³-hybridized carbons (Fsp3) is 0.263. The van der Waals surface area contributed by atoms with Gasteiger partial charge in [-0.05, 0) is 36.6 Å². The second-order valence-corrected chi connectivity index (χ2v) is 6.45. The van der Waals surface area contributed by atoms with Crippen molar-refractivity contribution in [3.8, 4) is 11.4 Å². The van der Waals surface area contributed by atoms with Crippen LogP contribution in [0.5, 0.6) is 0 Å². The van der Waals surface area contributed by atoms with Crippen LogP contribution in [0.4, 0.5) is 10.5 Å². The maximum absolute atomic E-state index is 12.4. The number of amides is 2. The van der Waals surface area contributed by atoms with Crippen LogP contribution in [0.25, 0.3) is 11.4 Å². The number of anilines is 1. The lowest BCUT2D eigenvalue weighted by Crippen LogP contribution is -2.33. The Bertz CT molecular complexity index is 864. The Balaban J connectivity index is 1.33. The number of urea groups is 1. The van der Waals surface area contributed by atoms with E-state index in [0.717, 1.165) is 43.0 Å². The highest BCUT2D eigenvalue weighted by molar-refractivity contribution is 5.89. The summed E-state index contributed by atoms with van der Waals surface area (Å²) in [7, 11) is 0. The summed E-state index contributed by atoms with van der Waals surface area (Å²) in [6, 6.07) is 13.3. The number of carbonyl (C=O) groups is 1. The number of H-pyrrole nitrogens is 1. The molecule has 3 heterocycles. The number of para-hydroxylation sites is 1. The molecule has 1 fully saturated rings. The van der Waals surface area contributed by atoms with Crippen LogP contribution in [0, 0.1) is 5.92 Å². The molecule has 1 saturated heterocycles. The van der Waals surface area contributed by atoms with E-state index in [4.69, 9.17) is 0 Å². The Kier molecular flexibility index (Phi) is 4.59. The summed E-state index contributed by atoms with van der Waals surface area (Å²) in [5.74, 6) is 1.88. The molecule has 132 valence electrons. The predicted molar refractivity (Wildman–Crippen MR) is 98.5 cm³/mol. The SMILES string of the molecule is O=C(Nc1ccccc1)N1CC[C@H](Cc2nc(-c3cccnc3)n[nH]2)C1. The average molecular weight is 348 g/mol. The minimum atomic E-state index is -0.0488. The van der Waals surface area contributed by atoms with E-state index >= 15 is 0 Å². The normalized spacial score (nSPS) is 16.6. The molecule has 1 aromatic carbocycles. The molecule has 7 heteroatoms. The maximum atomic E-state index is 12.4. The molecule has 0 bridgehead atoms. The van der Waals surface area contributed by atoms with Gasteiger partial charge in [0.05, 0.1) is 0 Å². The van der Waals surface area contributed by atoms with Gasteiger partial charge in [0.15, 0.2) is 5.82 Å². The number of pyridine rings is 1. The molecule has 0 radical (unpaired) electrons. The highest BCUT2D eigenvalue weighted by Gasteiger charge is 2.27. The highest BCUT2D eigenvalue weighted by atomic mass is 16.2. The van der Waals surface area contributed by atoms with Gasteiger partial charge in [0.1, 0.15) is 5.82 Å². The van der Waals surface area contributed by atoms with Gasteiger partial charge in [-0.3, -0.25) is 10.1 Å². The van der Waals surface area contributed by atoms with Gasteiger partial charge in [-0.2, -0.15) is 5.10 Å². The Morgan fingerprint density at radius 1 is 1.23 bits per heavy atom. The van der Waals surface area contributed by atoms with Gasteiger partial charge in [-0.1, -0.05) is 18.2 Å². The lowest BCUT2D eigenvalue weighted by molar-refractivity contribution is 0.220. The van der Waals surface area contributed by atoms with Crippen molar-refractivity contribution in [3.05, 3.63) is 60.7 Å². The fourth-order valence-electron chi connectivity index (χ4n) is 3.19. The number of likely N-dealkylation sites (tertiary alicyclic amines) is 1. The fourth-order valence-corrected chi connectivity index (χ4v) is 3.19. The van der Waals surface area contributed by atoms with Crippen LogP contribution in [0.15, 0.2) is 54.9 Å². The second-order valence-electron chi connectivity index (χ2n) is 6.45. The van der Waals surface area contributed by atoms with E-state index in [9.17, 15) is 4.79 Å². The van der Waals surface area contributed by atoms with E-state index in [0.29, 0.717) is 11.7 Å². The van der Waals surface area contributed by atoms with Crippen LogP contribution in [-0.4, -0.2) is 44.2 Å². The third kappa shape index (κ3) is 3.72. The average Bonchev–Trinajstić information content (AvgIpc) is 3.33. The monoisotopic (exact) mass is 348 g/mol. The molecule has 2 amide bonds. The van der Waals surface area contributed by atoms with Gasteiger partial charge in [-0.15, -0.1) is 0 Å². The molecule has 3 aromatic rings. The number of benzene rings is 1. The number of aromatic nitrogens is 4. The number of aromatic amines is 1. The molecule has 0 saturated carbocycles. The summed E-state index contributed by atoms with van der Waals surface area (Å²) in [5, 5.41) is 10.2. The van der Waals surface area contributed by atoms with E-state index in [-0.39, 0.29) is 6.03 Å². The van der Waals surface area contributed by atoms with Crippen LogP contribution in [0.2, 0.25) is 0 Å². The zero-order chi connectivity index (χ0) is 17.8. The van der Waals surface area contributed by atoms with E-state index in [1.54, 1.807) is 12.4 Å². The molecule has 26 heavy (non-hydrogen) atoms. The van der Waals surface area contributed by atoms with Crippen molar-refractivity contribution in [2.75, 3.05) is 18.4 Å². The Morgan fingerprint density at radius 2 is 2.12 bits per heavy atom. The Morgan fingerprint density at radius 3 is 2.92 bits per heavy atom. The molecule has 4 rings (SSSR count). The van der Waals surface area contributed by atoms with Crippen LogP contribution in [0.1, 0.15) is 12.2 Å². The van der Waals surface area contributed by atoms with Crippen LogP contribution >= 0.6 is 0 Å². The lowest BCUT2D eigenvalue weighted by Gasteiger charge is -2.17. The smallest absolute Gasteiger partial charge is 0.321 e. The van der Waals surface area contributed by atoms with E-state index in [2.05, 4.69) is 25.5 Å². The van der Waals surface area contributed by atoms with Gasteiger partial charge in [0.25, 0.3) is 0 Å². The highest BCUT2D eigenvalue weighted by Crippen LogP contribution is 2.21. The summed E-state index contributed by atoms with van der Waals surface area (Å²) in [6.07, 6.45) is 5.22. The van der Waals surface area contributed by atoms with Crippen LogP contribution in [0.3, 0.4) is 0 Å². The summed E-state index contributed by atoms with van der Waals surface area (Å²) >= 11 is 0. The predicted octanol–water partition coefficient (Wildman–Crippen LogP) is 2.96. The van der Waals surface area contributed by atoms with Crippen LogP contribution in [-0.2, 0) is 6.42 Å². The molecule has 1 atom stereocenters. The van der Waals surface area contributed by atoms with Crippen molar-refractivity contribution in [2.24, 2.45) is 5.92 Å². The molecular weight excluding hydrogens is 328 g/mol. The summed E-state index contributed by atoms with van der Waals surface area (Å²) in [6.45, 7) is 1.48. The number of rotatable bonds is 4. The van der Waals surface area contributed by atoms with Crippen molar-refractivity contribution in [3.63, 3.8) is 0 Å². The van der Waals surface area contributed by atoms with Crippen molar-refractivity contribution >= 4 is 11.7 Å². The quantitative estimate of drug-likeness (QED) is 0.759. The third-order valence-corrected chi connectivity index (χ3v) is 4.53. The van der Waals surface area contributed by atoms with Gasteiger partial charge in [0.2, 0.25) is 0 Å². The third-order valence-electron chi connectivity index (χ3n) is 4.53. The second kappa shape index (κ2) is 7.35. The van der Waals surface area contributed by atoms with E-state index in [1.807, 2.05) is 47.4 Å². The number of carbonyl (C=O) groups excluding carboxylic acids is 1. The first-order valence-electron chi connectivity index (χ1n) is 8.70.